The van der Waals surface area contributed by atoms with E-state index in [0.29, 0.717) is 31.5 Å². The van der Waals surface area contributed by atoms with Gasteiger partial charge in [-0.1, -0.05) is 12.1 Å². The number of ether oxygens (including phenoxy) is 1. The number of carboxylic acids is 1. The van der Waals surface area contributed by atoms with Gasteiger partial charge in [-0.15, -0.1) is 0 Å². The van der Waals surface area contributed by atoms with Crippen LogP contribution in [0, 0.1) is 0 Å². The van der Waals surface area contributed by atoms with Gasteiger partial charge in [-0.2, -0.15) is 5.10 Å². The largest absolute Gasteiger partial charge is 0.497 e. The van der Waals surface area contributed by atoms with E-state index in [9.17, 15) is 14.7 Å². The summed E-state index contributed by atoms with van der Waals surface area (Å²) in [5.74, 6) is -0.448. The van der Waals surface area contributed by atoms with Gasteiger partial charge in [0.05, 0.1) is 25.4 Å². The standard InChI is InChI=1S/C17H19N3O4/c1-24-14-6-4-12(5-7-14)10-19-11-13(9-18-19)16(21)20-8-2-3-15(20)17(22)23/h4-7,9,11,15H,2-3,8,10H2,1H3,(H,22,23)/t15-/m1/s1. The summed E-state index contributed by atoms with van der Waals surface area (Å²) in [4.78, 5) is 25.1. The van der Waals surface area contributed by atoms with Crippen LogP contribution in [-0.2, 0) is 11.3 Å². The molecule has 0 saturated carbocycles. The third kappa shape index (κ3) is 3.24. The highest BCUT2D eigenvalue weighted by Crippen LogP contribution is 2.20. The minimum absolute atomic E-state index is 0.277. The molecule has 0 radical (unpaired) electrons. The van der Waals surface area contributed by atoms with Gasteiger partial charge in [0.1, 0.15) is 11.8 Å². The topological polar surface area (TPSA) is 84.7 Å². The summed E-state index contributed by atoms with van der Waals surface area (Å²) in [5, 5.41) is 13.4. The second-order valence-corrected chi connectivity index (χ2v) is 5.77. The molecule has 0 bridgehead atoms. The molecule has 7 nitrogen and oxygen atoms in total. The van der Waals surface area contributed by atoms with Crippen molar-refractivity contribution in [1.29, 1.82) is 0 Å². The molecule has 1 saturated heterocycles. The first-order valence-corrected chi connectivity index (χ1v) is 7.77. The van der Waals surface area contributed by atoms with Crippen molar-refractivity contribution < 1.29 is 19.4 Å². The Labute approximate surface area is 139 Å². The molecule has 2 heterocycles. The number of benzene rings is 1. The number of rotatable bonds is 5. The molecule has 1 amide bonds. The number of carbonyl (C=O) groups is 2. The molecule has 0 spiro atoms. The van der Waals surface area contributed by atoms with Gasteiger partial charge in [-0.25, -0.2) is 4.79 Å². The van der Waals surface area contributed by atoms with Crippen molar-refractivity contribution in [3.05, 3.63) is 47.8 Å². The maximum Gasteiger partial charge on any atom is 0.326 e. The van der Waals surface area contributed by atoms with Crippen LogP contribution in [0.1, 0.15) is 28.8 Å². The average molecular weight is 329 g/mol. The second kappa shape index (κ2) is 6.74. The first-order valence-electron chi connectivity index (χ1n) is 7.77. The molecule has 126 valence electrons. The zero-order valence-electron chi connectivity index (χ0n) is 13.4. The van der Waals surface area contributed by atoms with E-state index in [0.717, 1.165) is 11.3 Å². The zero-order valence-corrected chi connectivity index (χ0v) is 13.4. The summed E-state index contributed by atoms with van der Waals surface area (Å²) >= 11 is 0. The summed E-state index contributed by atoms with van der Waals surface area (Å²) in [5.41, 5.74) is 1.44. The molecule has 3 rings (SSSR count). The Morgan fingerprint density at radius 3 is 2.75 bits per heavy atom. The summed E-state index contributed by atoms with van der Waals surface area (Å²) in [6.45, 7) is 0.999. The number of nitrogens with zero attached hydrogens (tertiary/aromatic N) is 3. The van der Waals surface area contributed by atoms with Crippen molar-refractivity contribution >= 4 is 11.9 Å². The molecule has 1 fully saturated rings. The van der Waals surface area contributed by atoms with Crippen LogP contribution in [-0.4, -0.2) is 51.4 Å². The SMILES string of the molecule is COc1ccc(Cn2cc(C(=O)N3CCC[C@@H]3C(=O)O)cn2)cc1. The summed E-state index contributed by atoms with van der Waals surface area (Å²) in [6.07, 6.45) is 4.36. The zero-order chi connectivity index (χ0) is 17.1. The van der Waals surface area contributed by atoms with Gasteiger partial charge in [0.25, 0.3) is 5.91 Å². The monoisotopic (exact) mass is 329 g/mol. The predicted molar refractivity (Wildman–Crippen MR) is 86.0 cm³/mol. The van der Waals surface area contributed by atoms with Crippen LogP contribution >= 0.6 is 0 Å². The Bertz CT molecular complexity index is 739. The molecule has 1 aromatic heterocycles. The number of likely N-dealkylation sites (tertiary alicyclic amines) is 1. The van der Waals surface area contributed by atoms with Crippen LogP contribution in [0.3, 0.4) is 0 Å². The average Bonchev–Trinajstić information content (AvgIpc) is 3.24. The van der Waals surface area contributed by atoms with Crippen LogP contribution < -0.4 is 4.74 Å². The van der Waals surface area contributed by atoms with Crippen molar-refractivity contribution in [3.63, 3.8) is 0 Å². The quantitative estimate of drug-likeness (QED) is 0.901. The number of hydrogen-bond acceptors (Lipinski definition) is 4. The third-order valence-corrected chi connectivity index (χ3v) is 4.18. The van der Waals surface area contributed by atoms with E-state index in [1.165, 1.54) is 11.1 Å². The summed E-state index contributed by atoms with van der Waals surface area (Å²) < 4.78 is 6.79. The molecule has 1 N–H and O–H groups in total. The highest BCUT2D eigenvalue weighted by Gasteiger charge is 2.34. The van der Waals surface area contributed by atoms with E-state index in [1.54, 1.807) is 18.0 Å². The fraction of sp³-hybridized carbons (Fsp3) is 0.353. The van der Waals surface area contributed by atoms with Gasteiger partial charge in [0, 0.05) is 12.7 Å². The normalized spacial score (nSPS) is 17.0. The molecule has 1 aliphatic rings. The Hall–Kier alpha value is -2.83. The van der Waals surface area contributed by atoms with Gasteiger partial charge < -0.3 is 14.7 Å². The van der Waals surface area contributed by atoms with Crippen molar-refractivity contribution in [2.24, 2.45) is 0 Å². The molecule has 2 aromatic rings. The fourth-order valence-corrected chi connectivity index (χ4v) is 2.91. The van der Waals surface area contributed by atoms with Crippen molar-refractivity contribution in [2.45, 2.75) is 25.4 Å². The fourth-order valence-electron chi connectivity index (χ4n) is 2.91. The Morgan fingerprint density at radius 2 is 2.08 bits per heavy atom. The number of aliphatic carboxylic acids is 1. The van der Waals surface area contributed by atoms with E-state index in [-0.39, 0.29) is 5.91 Å². The molecule has 0 unspecified atom stereocenters. The van der Waals surface area contributed by atoms with Gasteiger partial charge in [-0.05, 0) is 30.5 Å². The highest BCUT2D eigenvalue weighted by atomic mass is 16.5. The summed E-state index contributed by atoms with van der Waals surface area (Å²) in [7, 11) is 1.61. The Morgan fingerprint density at radius 1 is 1.33 bits per heavy atom. The maximum absolute atomic E-state index is 12.5. The van der Waals surface area contributed by atoms with Crippen LogP contribution in [0.2, 0.25) is 0 Å². The number of carbonyl (C=O) groups excluding carboxylic acids is 1. The first-order chi connectivity index (χ1) is 11.6. The van der Waals surface area contributed by atoms with Crippen molar-refractivity contribution in [3.8, 4) is 5.75 Å². The predicted octanol–water partition coefficient (Wildman–Crippen LogP) is 1.63. The van der Waals surface area contributed by atoms with E-state index in [1.807, 2.05) is 24.3 Å². The van der Waals surface area contributed by atoms with Crippen molar-refractivity contribution in [1.82, 2.24) is 14.7 Å². The minimum atomic E-state index is -0.952. The molecule has 7 heteroatoms. The Balaban J connectivity index is 1.70. The maximum atomic E-state index is 12.5. The molecular formula is C17H19N3O4. The molecule has 0 aliphatic carbocycles. The smallest absolute Gasteiger partial charge is 0.326 e. The molecular weight excluding hydrogens is 310 g/mol. The summed E-state index contributed by atoms with van der Waals surface area (Å²) in [6, 6.07) is 6.87. The number of carboxylic acid groups (broad SMARTS) is 1. The first kappa shape index (κ1) is 16.0. The van der Waals surface area contributed by atoms with Crippen LogP contribution in [0.15, 0.2) is 36.7 Å². The lowest BCUT2D eigenvalue weighted by atomic mass is 10.2. The van der Waals surface area contributed by atoms with Gasteiger partial charge >= 0.3 is 5.97 Å². The number of amides is 1. The van der Waals surface area contributed by atoms with Crippen LogP contribution in [0.5, 0.6) is 5.75 Å². The van der Waals surface area contributed by atoms with Crippen molar-refractivity contribution in [2.75, 3.05) is 13.7 Å². The highest BCUT2D eigenvalue weighted by molar-refractivity contribution is 5.96. The molecule has 1 atom stereocenters. The molecule has 1 aromatic carbocycles. The van der Waals surface area contributed by atoms with Gasteiger partial charge in [-0.3, -0.25) is 9.48 Å². The number of hydrogen-bond donors (Lipinski definition) is 1. The molecule has 1 aliphatic heterocycles. The van der Waals surface area contributed by atoms with Gasteiger partial charge in [0.15, 0.2) is 0 Å². The van der Waals surface area contributed by atoms with Crippen LogP contribution in [0.25, 0.3) is 0 Å². The van der Waals surface area contributed by atoms with E-state index < -0.39 is 12.0 Å². The van der Waals surface area contributed by atoms with E-state index in [2.05, 4.69) is 5.10 Å². The second-order valence-electron chi connectivity index (χ2n) is 5.77. The van der Waals surface area contributed by atoms with Gasteiger partial charge in [0.2, 0.25) is 0 Å². The lowest BCUT2D eigenvalue weighted by molar-refractivity contribution is -0.141. The van der Waals surface area contributed by atoms with Crippen LogP contribution in [0.4, 0.5) is 0 Å². The lowest BCUT2D eigenvalue weighted by Crippen LogP contribution is -2.40. The lowest BCUT2D eigenvalue weighted by Gasteiger charge is -2.20. The number of aromatic nitrogens is 2. The van der Waals surface area contributed by atoms with E-state index in [4.69, 9.17) is 4.74 Å². The van der Waals surface area contributed by atoms with E-state index >= 15 is 0 Å². The molecule has 24 heavy (non-hydrogen) atoms. The Kier molecular flexibility index (Phi) is 4.50. The third-order valence-electron chi connectivity index (χ3n) is 4.18. The minimum Gasteiger partial charge on any atom is -0.497 e. The number of methoxy groups -OCH3 is 1.